The summed E-state index contributed by atoms with van der Waals surface area (Å²) in [6.45, 7) is 0.178. The van der Waals surface area contributed by atoms with Crippen LogP contribution >= 0.6 is 22.7 Å². The van der Waals surface area contributed by atoms with Gasteiger partial charge in [-0.1, -0.05) is 6.07 Å². The van der Waals surface area contributed by atoms with Crippen molar-refractivity contribution in [1.29, 1.82) is 0 Å². The van der Waals surface area contributed by atoms with Gasteiger partial charge < -0.3 is 5.11 Å². The second-order valence-corrected chi connectivity index (χ2v) is 4.47. The predicted molar refractivity (Wildman–Crippen MR) is 56.2 cm³/mol. The molecule has 0 saturated heterocycles. The Morgan fingerprint density at radius 2 is 2.31 bits per heavy atom. The number of aromatic nitrogens is 1. The Morgan fingerprint density at radius 3 is 3.00 bits per heavy atom. The van der Waals surface area contributed by atoms with E-state index in [-0.39, 0.29) is 6.61 Å². The Labute approximate surface area is 84.5 Å². The summed E-state index contributed by atoms with van der Waals surface area (Å²) in [4.78, 5) is 5.61. The smallest absolute Gasteiger partial charge is 0.0955 e. The van der Waals surface area contributed by atoms with Crippen LogP contribution in [0.2, 0.25) is 0 Å². The zero-order valence-electron chi connectivity index (χ0n) is 6.93. The molecule has 0 amide bonds. The Hall–Kier alpha value is -0.710. The summed E-state index contributed by atoms with van der Waals surface area (Å²) < 4.78 is 0. The number of hydrogen-bond donors (Lipinski definition) is 1. The Balaban J connectivity index is 2.23. The van der Waals surface area contributed by atoms with Crippen LogP contribution in [-0.4, -0.2) is 16.7 Å². The van der Waals surface area contributed by atoms with Gasteiger partial charge in [0.1, 0.15) is 0 Å². The zero-order valence-corrected chi connectivity index (χ0v) is 8.57. The number of hydrogen-bond acceptors (Lipinski definition) is 4. The molecule has 0 fully saturated rings. The first-order chi connectivity index (χ1) is 6.40. The minimum atomic E-state index is 0.178. The molecule has 1 N–H and O–H groups in total. The predicted octanol–water partition coefficient (Wildman–Crippen LogP) is 2.41. The highest BCUT2D eigenvalue weighted by Crippen LogP contribution is 2.25. The number of nitrogens with zero attached hydrogens (tertiary/aromatic N) is 1. The highest BCUT2D eigenvalue weighted by Gasteiger charge is 2.03. The van der Waals surface area contributed by atoms with Crippen molar-refractivity contribution in [3.05, 3.63) is 27.9 Å². The van der Waals surface area contributed by atoms with E-state index in [4.69, 9.17) is 5.11 Å². The Bertz CT molecular complexity index is 367. The van der Waals surface area contributed by atoms with Crippen LogP contribution in [0.5, 0.6) is 0 Å². The lowest BCUT2D eigenvalue weighted by Gasteiger charge is -1.88. The molecule has 0 bridgehead atoms. The molecule has 2 aromatic rings. The van der Waals surface area contributed by atoms with Gasteiger partial charge in [-0.05, 0) is 11.4 Å². The summed E-state index contributed by atoms with van der Waals surface area (Å²) in [6, 6.07) is 4.08. The van der Waals surface area contributed by atoms with Gasteiger partial charge in [0.15, 0.2) is 0 Å². The van der Waals surface area contributed by atoms with E-state index in [0.29, 0.717) is 6.42 Å². The number of rotatable bonds is 3. The molecule has 2 rings (SSSR count). The third-order valence-electron chi connectivity index (χ3n) is 1.65. The molecule has 2 heterocycles. The lowest BCUT2D eigenvalue weighted by atomic mass is 10.4. The topological polar surface area (TPSA) is 33.1 Å². The third kappa shape index (κ3) is 1.96. The van der Waals surface area contributed by atoms with Crippen molar-refractivity contribution in [3.63, 3.8) is 0 Å². The number of aliphatic hydroxyl groups is 1. The van der Waals surface area contributed by atoms with Gasteiger partial charge in [-0.15, -0.1) is 22.7 Å². The van der Waals surface area contributed by atoms with Crippen molar-refractivity contribution in [3.8, 4) is 10.6 Å². The highest BCUT2D eigenvalue weighted by atomic mass is 32.1. The fourth-order valence-electron chi connectivity index (χ4n) is 1.06. The van der Waals surface area contributed by atoms with E-state index >= 15 is 0 Å². The molecular weight excluding hydrogens is 202 g/mol. The number of thiazole rings is 1. The van der Waals surface area contributed by atoms with Gasteiger partial charge in [0, 0.05) is 18.4 Å². The molecule has 0 aliphatic rings. The van der Waals surface area contributed by atoms with Crippen molar-refractivity contribution < 1.29 is 5.11 Å². The van der Waals surface area contributed by atoms with Gasteiger partial charge in [-0.25, -0.2) is 4.98 Å². The van der Waals surface area contributed by atoms with Crippen LogP contribution in [0, 0.1) is 0 Å². The van der Waals surface area contributed by atoms with Gasteiger partial charge in [-0.2, -0.15) is 0 Å². The molecule has 0 aliphatic carbocycles. The van der Waals surface area contributed by atoms with E-state index in [2.05, 4.69) is 11.1 Å². The van der Waals surface area contributed by atoms with Crippen LogP contribution in [0.1, 0.15) is 5.01 Å². The first-order valence-electron chi connectivity index (χ1n) is 3.99. The van der Waals surface area contributed by atoms with E-state index in [1.54, 1.807) is 22.7 Å². The number of thiophene rings is 1. The van der Waals surface area contributed by atoms with Crippen LogP contribution in [0.25, 0.3) is 10.6 Å². The lowest BCUT2D eigenvalue weighted by molar-refractivity contribution is 0.299. The van der Waals surface area contributed by atoms with Crippen molar-refractivity contribution in [2.75, 3.05) is 6.61 Å². The standard InChI is InChI=1S/C9H9NOS2/c11-4-3-9-10-7(6-13-9)8-2-1-5-12-8/h1-2,5-6,11H,3-4H2. The maximum Gasteiger partial charge on any atom is 0.0955 e. The fraction of sp³-hybridized carbons (Fsp3) is 0.222. The molecule has 68 valence electrons. The molecule has 0 spiro atoms. The zero-order chi connectivity index (χ0) is 9.10. The summed E-state index contributed by atoms with van der Waals surface area (Å²) in [6.07, 6.45) is 0.663. The van der Waals surface area contributed by atoms with Crippen molar-refractivity contribution in [2.45, 2.75) is 6.42 Å². The Kier molecular flexibility index (Phi) is 2.73. The summed E-state index contributed by atoms with van der Waals surface area (Å²) in [5.74, 6) is 0. The normalized spacial score (nSPS) is 10.5. The maximum absolute atomic E-state index is 8.73. The molecule has 2 nitrogen and oxygen atoms in total. The van der Waals surface area contributed by atoms with E-state index in [1.807, 2.05) is 16.8 Å². The molecule has 0 saturated carbocycles. The van der Waals surface area contributed by atoms with Gasteiger partial charge in [0.05, 0.1) is 15.6 Å². The van der Waals surface area contributed by atoms with Crippen LogP contribution in [0.4, 0.5) is 0 Å². The van der Waals surface area contributed by atoms with E-state index in [1.165, 1.54) is 4.88 Å². The molecule has 0 unspecified atom stereocenters. The molecule has 0 radical (unpaired) electrons. The van der Waals surface area contributed by atoms with Crippen LogP contribution in [0.3, 0.4) is 0 Å². The SMILES string of the molecule is OCCc1nc(-c2cccs2)cs1. The van der Waals surface area contributed by atoms with Crippen LogP contribution in [-0.2, 0) is 6.42 Å². The maximum atomic E-state index is 8.73. The van der Waals surface area contributed by atoms with Crippen molar-refractivity contribution in [2.24, 2.45) is 0 Å². The van der Waals surface area contributed by atoms with Gasteiger partial charge >= 0.3 is 0 Å². The molecule has 0 aliphatic heterocycles. The second kappa shape index (κ2) is 4.00. The van der Waals surface area contributed by atoms with E-state index in [9.17, 15) is 0 Å². The summed E-state index contributed by atoms with van der Waals surface area (Å²) in [7, 11) is 0. The highest BCUT2D eigenvalue weighted by molar-refractivity contribution is 7.14. The molecule has 4 heteroatoms. The summed E-state index contributed by atoms with van der Waals surface area (Å²) in [5, 5.41) is 13.8. The quantitative estimate of drug-likeness (QED) is 0.845. The number of aliphatic hydroxyl groups excluding tert-OH is 1. The van der Waals surface area contributed by atoms with Gasteiger partial charge in [-0.3, -0.25) is 0 Å². The average Bonchev–Trinajstić information content (AvgIpc) is 2.70. The van der Waals surface area contributed by atoms with Crippen molar-refractivity contribution in [1.82, 2.24) is 4.98 Å². The summed E-state index contributed by atoms with van der Waals surface area (Å²) in [5.41, 5.74) is 1.03. The molecule has 2 aromatic heterocycles. The first kappa shape index (κ1) is 8.87. The molecule has 0 aromatic carbocycles. The molecule has 0 atom stereocenters. The van der Waals surface area contributed by atoms with Gasteiger partial charge in [0.2, 0.25) is 0 Å². The monoisotopic (exact) mass is 211 g/mol. The third-order valence-corrected chi connectivity index (χ3v) is 3.45. The fourth-order valence-corrected chi connectivity index (χ4v) is 2.61. The van der Waals surface area contributed by atoms with Gasteiger partial charge in [0.25, 0.3) is 0 Å². The van der Waals surface area contributed by atoms with Crippen LogP contribution in [0.15, 0.2) is 22.9 Å². The second-order valence-electron chi connectivity index (χ2n) is 2.58. The minimum absolute atomic E-state index is 0.178. The molecule has 13 heavy (non-hydrogen) atoms. The largest absolute Gasteiger partial charge is 0.396 e. The first-order valence-corrected chi connectivity index (χ1v) is 5.75. The Morgan fingerprint density at radius 1 is 1.38 bits per heavy atom. The molecular formula is C9H9NOS2. The van der Waals surface area contributed by atoms with Crippen molar-refractivity contribution >= 4 is 22.7 Å². The summed E-state index contributed by atoms with van der Waals surface area (Å²) >= 11 is 3.30. The average molecular weight is 211 g/mol. The van der Waals surface area contributed by atoms with Crippen LogP contribution < -0.4 is 0 Å². The lowest BCUT2D eigenvalue weighted by Crippen LogP contribution is -1.88. The minimum Gasteiger partial charge on any atom is -0.396 e. The van der Waals surface area contributed by atoms with E-state index < -0.39 is 0 Å². The van der Waals surface area contributed by atoms with E-state index in [0.717, 1.165) is 10.7 Å².